The maximum absolute atomic E-state index is 13.3. The molecule has 0 bridgehead atoms. The highest BCUT2D eigenvalue weighted by Gasteiger charge is 2.21. The first-order valence-electron chi connectivity index (χ1n) is 10.9. The third-order valence-corrected chi connectivity index (χ3v) is 5.85. The van der Waals surface area contributed by atoms with Crippen molar-refractivity contribution >= 4 is 23.2 Å². The van der Waals surface area contributed by atoms with Crippen LogP contribution < -0.4 is 15.0 Å². The Hall–Kier alpha value is -3.53. The molecule has 4 heterocycles. The van der Waals surface area contributed by atoms with Gasteiger partial charge in [0.15, 0.2) is 5.82 Å². The summed E-state index contributed by atoms with van der Waals surface area (Å²) in [7, 11) is 1.53. The average Bonchev–Trinajstić information content (AvgIpc) is 2.86. The Morgan fingerprint density at radius 2 is 1.86 bits per heavy atom. The van der Waals surface area contributed by atoms with E-state index >= 15 is 0 Å². The molecule has 11 heteroatoms. The number of rotatable bonds is 7. The molecule has 4 aromatic heterocycles. The lowest BCUT2D eigenvalue weighted by molar-refractivity contribution is 0.0688. The van der Waals surface area contributed by atoms with Gasteiger partial charge < -0.3 is 14.6 Å². The molecule has 0 aromatic carbocycles. The van der Waals surface area contributed by atoms with Crippen LogP contribution in [0.3, 0.4) is 0 Å². The van der Waals surface area contributed by atoms with Crippen LogP contribution in [0.4, 0.5) is 0 Å². The predicted molar refractivity (Wildman–Crippen MR) is 136 cm³/mol. The first-order valence-corrected chi connectivity index (χ1v) is 11.6. The van der Waals surface area contributed by atoms with E-state index in [2.05, 4.69) is 19.9 Å². The SMILES string of the molecule is COc1cccc(COc2cc(C)n(-c3cc(-c4ccnc(C(C)(C)O)n4)ncc3Cl)c(=O)c2Cl)n1. The van der Waals surface area contributed by atoms with E-state index in [1.807, 2.05) is 0 Å². The number of ether oxygens (including phenoxy) is 2. The molecule has 0 fully saturated rings. The Balaban J connectivity index is 1.71. The summed E-state index contributed by atoms with van der Waals surface area (Å²) in [5.41, 5.74) is 0.681. The van der Waals surface area contributed by atoms with E-state index in [4.69, 9.17) is 32.7 Å². The predicted octanol–water partition coefficient (Wildman–Crippen LogP) is 4.51. The van der Waals surface area contributed by atoms with Crippen molar-refractivity contribution in [3.63, 3.8) is 0 Å². The second-order valence-electron chi connectivity index (χ2n) is 8.41. The molecule has 0 unspecified atom stereocenters. The highest BCUT2D eigenvalue weighted by atomic mass is 35.5. The van der Waals surface area contributed by atoms with Gasteiger partial charge >= 0.3 is 0 Å². The fourth-order valence-corrected chi connectivity index (χ4v) is 3.81. The molecule has 186 valence electrons. The van der Waals surface area contributed by atoms with E-state index in [1.54, 1.807) is 57.2 Å². The highest BCUT2D eigenvalue weighted by molar-refractivity contribution is 6.33. The highest BCUT2D eigenvalue weighted by Crippen LogP contribution is 2.29. The second kappa shape index (κ2) is 10.2. The van der Waals surface area contributed by atoms with Gasteiger partial charge in [-0.05, 0) is 39.0 Å². The van der Waals surface area contributed by atoms with Gasteiger partial charge in [-0.25, -0.2) is 15.0 Å². The summed E-state index contributed by atoms with van der Waals surface area (Å²) in [4.78, 5) is 30.4. The van der Waals surface area contributed by atoms with E-state index in [0.717, 1.165) is 0 Å². The van der Waals surface area contributed by atoms with Crippen molar-refractivity contribution in [2.75, 3.05) is 7.11 Å². The number of hydrogen-bond donors (Lipinski definition) is 1. The molecule has 0 saturated heterocycles. The van der Waals surface area contributed by atoms with Crippen molar-refractivity contribution in [2.24, 2.45) is 0 Å². The fourth-order valence-electron chi connectivity index (χ4n) is 3.42. The molecule has 9 nitrogen and oxygen atoms in total. The zero-order valence-electron chi connectivity index (χ0n) is 20.0. The Morgan fingerprint density at radius 3 is 2.58 bits per heavy atom. The van der Waals surface area contributed by atoms with Crippen molar-refractivity contribution in [3.8, 4) is 28.7 Å². The van der Waals surface area contributed by atoms with Gasteiger partial charge in [0.25, 0.3) is 5.56 Å². The van der Waals surface area contributed by atoms with Crippen LogP contribution >= 0.6 is 23.2 Å². The van der Waals surface area contributed by atoms with Gasteiger partial charge in [0.2, 0.25) is 5.88 Å². The number of aliphatic hydroxyl groups is 1. The minimum atomic E-state index is -1.23. The molecule has 0 radical (unpaired) electrons. The monoisotopic (exact) mass is 527 g/mol. The van der Waals surface area contributed by atoms with Gasteiger partial charge in [-0.1, -0.05) is 29.3 Å². The van der Waals surface area contributed by atoms with Crippen molar-refractivity contribution < 1.29 is 14.6 Å². The molecule has 0 atom stereocenters. The normalized spacial score (nSPS) is 11.4. The van der Waals surface area contributed by atoms with Crippen LogP contribution in [0, 0.1) is 6.92 Å². The van der Waals surface area contributed by atoms with E-state index < -0.39 is 11.2 Å². The zero-order chi connectivity index (χ0) is 26.0. The first kappa shape index (κ1) is 25.6. The van der Waals surface area contributed by atoms with Crippen LogP contribution in [0.15, 0.2) is 53.6 Å². The summed E-state index contributed by atoms with van der Waals surface area (Å²) in [5.74, 6) is 0.910. The largest absolute Gasteiger partial charge is 0.485 e. The third-order valence-electron chi connectivity index (χ3n) is 5.21. The summed E-state index contributed by atoms with van der Waals surface area (Å²) in [6.07, 6.45) is 2.96. The van der Waals surface area contributed by atoms with Crippen LogP contribution in [-0.2, 0) is 12.2 Å². The molecule has 0 saturated carbocycles. The van der Waals surface area contributed by atoms with E-state index in [-0.39, 0.29) is 28.2 Å². The Kier molecular flexibility index (Phi) is 7.26. The molecule has 1 N–H and O–H groups in total. The smallest absolute Gasteiger partial charge is 0.277 e. The molecule has 0 aliphatic carbocycles. The van der Waals surface area contributed by atoms with Gasteiger partial charge in [0, 0.05) is 30.2 Å². The van der Waals surface area contributed by atoms with Crippen LogP contribution in [-0.4, -0.2) is 36.7 Å². The maximum atomic E-state index is 13.3. The van der Waals surface area contributed by atoms with Crippen molar-refractivity contribution in [1.82, 2.24) is 24.5 Å². The van der Waals surface area contributed by atoms with Crippen LogP contribution in [0.5, 0.6) is 11.6 Å². The van der Waals surface area contributed by atoms with Gasteiger partial charge in [0.05, 0.1) is 34.9 Å². The molecule has 4 aromatic rings. The van der Waals surface area contributed by atoms with Gasteiger partial charge in [-0.2, -0.15) is 0 Å². The number of hydrogen-bond acceptors (Lipinski definition) is 8. The Bertz CT molecular complexity index is 1480. The number of halogens is 2. The molecule has 0 amide bonds. The lowest BCUT2D eigenvalue weighted by Gasteiger charge is -2.17. The van der Waals surface area contributed by atoms with Gasteiger partial charge in [-0.15, -0.1) is 0 Å². The molecule has 0 aliphatic heterocycles. The summed E-state index contributed by atoms with van der Waals surface area (Å²) in [6, 6.07) is 10.2. The summed E-state index contributed by atoms with van der Waals surface area (Å²) >= 11 is 12.9. The summed E-state index contributed by atoms with van der Waals surface area (Å²) < 4.78 is 12.3. The standard InChI is InChI=1S/C25H23Cl2N5O4/c1-14-10-20(36-13-15-6-5-7-21(30-15)35-4)22(27)23(33)32(14)19-11-18(29-12-16(19)26)17-8-9-28-24(31-17)25(2,3)34/h5-12,34H,13H2,1-4H3. The number of aromatic nitrogens is 5. The molecular weight excluding hydrogens is 505 g/mol. The zero-order valence-corrected chi connectivity index (χ0v) is 21.5. The second-order valence-corrected chi connectivity index (χ2v) is 9.20. The lowest BCUT2D eigenvalue weighted by Crippen LogP contribution is -2.22. The third kappa shape index (κ3) is 5.33. The number of methoxy groups -OCH3 is 1. The van der Waals surface area contributed by atoms with E-state index in [9.17, 15) is 9.90 Å². The molecule has 0 aliphatic rings. The van der Waals surface area contributed by atoms with Gasteiger partial charge in [0.1, 0.15) is 23.0 Å². The molecule has 4 rings (SSSR count). The van der Waals surface area contributed by atoms with E-state index in [0.29, 0.717) is 34.3 Å². The fraction of sp³-hybridized carbons (Fsp3) is 0.240. The summed E-state index contributed by atoms with van der Waals surface area (Å²) in [6.45, 7) is 5.01. The van der Waals surface area contributed by atoms with E-state index in [1.165, 1.54) is 24.1 Å². The van der Waals surface area contributed by atoms with Crippen molar-refractivity contribution in [1.29, 1.82) is 0 Å². The number of pyridine rings is 3. The minimum Gasteiger partial charge on any atom is -0.485 e. The minimum absolute atomic E-state index is 0.0945. The lowest BCUT2D eigenvalue weighted by atomic mass is 10.1. The maximum Gasteiger partial charge on any atom is 0.277 e. The number of aryl methyl sites for hydroxylation is 1. The van der Waals surface area contributed by atoms with Crippen LogP contribution in [0.25, 0.3) is 17.1 Å². The van der Waals surface area contributed by atoms with Crippen LogP contribution in [0.1, 0.15) is 31.1 Å². The number of nitrogens with zero attached hydrogens (tertiary/aromatic N) is 5. The topological polar surface area (TPSA) is 112 Å². The molecule has 0 spiro atoms. The quantitative estimate of drug-likeness (QED) is 0.373. The average molecular weight is 528 g/mol. The van der Waals surface area contributed by atoms with Crippen LogP contribution in [0.2, 0.25) is 10.0 Å². The summed E-state index contributed by atoms with van der Waals surface area (Å²) in [5, 5.41) is 10.4. The molecule has 36 heavy (non-hydrogen) atoms. The Labute approximate surface area is 217 Å². The van der Waals surface area contributed by atoms with Crippen molar-refractivity contribution in [3.05, 3.63) is 86.4 Å². The molecular formula is C25H23Cl2N5O4. The van der Waals surface area contributed by atoms with Gasteiger partial charge in [-0.3, -0.25) is 14.3 Å². The van der Waals surface area contributed by atoms with Crippen molar-refractivity contribution in [2.45, 2.75) is 33.0 Å². The first-order chi connectivity index (χ1) is 17.1. The Morgan fingerprint density at radius 1 is 1.08 bits per heavy atom.